The van der Waals surface area contributed by atoms with Crippen molar-refractivity contribution in [2.24, 2.45) is 11.8 Å². The van der Waals surface area contributed by atoms with Crippen LogP contribution in [0.1, 0.15) is 33.6 Å². The Balaban J connectivity index is 2.45. The first-order valence-electron chi connectivity index (χ1n) is 7.08. The lowest BCUT2D eigenvalue weighted by Crippen LogP contribution is -2.44. The summed E-state index contributed by atoms with van der Waals surface area (Å²) < 4.78 is 5.22. The first kappa shape index (κ1) is 15.4. The summed E-state index contributed by atoms with van der Waals surface area (Å²) >= 11 is 0. The molecule has 1 N–H and O–H groups in total. The molecule has 106 valence electrons. The number of nitrogens with zero attached hydrogens (tertiary/aromatic N) is 1. The van der Waals surface area contributed by atoms with E-state index in [1.54, 1.807) is 7.11 Å². The van der Waals surface area contributed by atoms with Gasteiger partial charge in [0.25, 0.3) is 0 Å². The van der Waals surface area contributed by atoms with E-state index < -0.39 is 0 Å². The molecule has 1 amide bonds. The third-order valence-corrected chi connectivity index (χ3v) is 3.68. The topological polar surface area (TPSA) is 41.6 Å². The maximum absolute atomic E-state index is 12.0. The highest BCUT2D eigenvalue weighted by atomic mass is 16.5. The monoisotopic (exact) mass is 256 g/mol. The lowest BCUT2D eigenvalue weighted by atomic mass is 9.95. The molecule has 2 atom stereocenters. The fourth-order valence-corrected chi connectivity index (χ4v) is 2.42. The first-order valence-corrected chi connectivity index (χ1v) is 7.08. The summed E-state index contributed by atoms with van der Waals surface area (Å²) in [5.41, 5.74) is 0. The van der Waals surface area contributed by atoms with E-state index in [0.717, 1.165) is 26.1 Å². The van der Waals surface area contributed by atoms with E-state index in [9.17, 15) is 4.79 Å². The van der Waals surface area contributed by atoms with Crippen molar-refractivity contribution in [1.82, 2.24) is 10.2 Å². The van der Waals surface area contributed by atoms with Crippen molar-refractivity contribution in [3.05, 3.63) is 0 Å². The van der Waals surface area contributed by atoms with Gasteiger partial charge in [-0.05, 0) is 24.8 Å². The SMILES string of the molecule is CCCNC(COC)CN1CC(C(C)C)CC1=O. The van der Waals surface area contributed by atoms with Crippen LogP contribution >= 0.6 is 0 Å². The zero-order valence-corrected chi connectivity index (χ0v) is 12.2. The first-order chi connectivity index (χ1) is 8.58. The quantitative estimate of drug-likeness (QED) is 0.715. The summed E-state index contributed by atoms with van der Waals surface area (Å²) in [6.07, 6.45) is 1.81. The molecule has 0 spiro atoms. The summed E-state index contributed by atoms with van der Waals surface area (Å²) in [7, 11) is 1.71. The van der Waals surface area contributed by atoms with Crippen LogP contribution in [0.25, 0.3) is 0 Å². The number of likely N-dealkylation sites (tertiary alicyclic amines) is 1. The molecule has 1 aliphatic rings. The van der Waals surface area contributed by atoms with Crippen molar-refractivity contribution in [1.29, 1.82) is 0 Å². The van der Waals surface area contributed by atoms with E-state index in [-0.39, 0.29) is 6.04 Å². The van der Waals surface area contributed by atoms with E-state index >= 15 is 0 Å². The van der Waals surface area contributed by atoms with E-state index in [1.165, 1.54) is 0 Å². The molecular formula is C14H28N2O2. The number of hydrogen-bond donors (Lipinski definition) is 1. The van der Waals surface area contributed by atoms with Crippen molar-refractivity contribution in [3.63, 3.8) is 0 Å². The zero-order valence-electron chi connectivity index (χ0n) is 12.2. The van der Waals surface area contributed by atoms with Gasteiger partial charge in [-0.3, -0.25) is 4.79 Å². The Morgan fingerprint density at radius 3 is 2.72 bits per heavy atom. The molecule has 1 saturated heterocycles. The molecule has 1 heterocycles. The Morgan fingerprint density at radius 2 is 2.22 bits per heavy atom. The minimum Gasteiger partial charge on any atom is -0.383 e. The van der Waals surface area contributed by atoms with Gasteiger partial charge >= 0.3 is 0 Å². The van der Waals surface area contributed by atoms with Gasteiger partial charge in [0.1, 0.15) is 0 Å². The number of carbonyl (C=O) groups excluding carboxylic acids is 1. The molecule has 0 aliphatic carbocycles. The molecule has 2 unspecified atom stereocenters. The number of ether oxygens (including phenoxy) is 1. The van der Waals surface area contributed by atoms with Crippen LogP contribution in [0.3, 0.4) is 0 Å². The largest absolute Gasteiger partial charge is 0.383 e. The molecule has 0 radical (unpaired) electrons. The lowest BCUT2D eigenvalue weighted by molar-refractivity contribution is -0.128. The highest BCUT2D eigenvalue weighted by Gasteiger charge is 2.32. The van der Waals surface area contributed by atoms with Crippen molar-refractivity contribution in [2.75, 3.05) is 33.4 Å². The normalized spacial score (nSPS) is 21.9. The summed E-state index contributed by atoms with van der Waals surface area (Å²) in [6, 6.07) is 0.254. The second-order valence-electron chi connectivity index (χ2n) is 5.61. The Hall–Kier alpha value is -0.610. The van der Waals surface area contributed by atoms with Gasteiger partial charge in [0.2, 0.25) is 5.91 Å². The van der Waals surface area contributed by atoms with E-state index in [2.05, 4.69) is 26.1 Å². The second-order valence-corrected chi connectivity index (χ2v) is 5.61. The summed E-state index contributed by atoms with van der Waals surface area (Å²) in [5, 5.41) is 3.44. The molecule has 1 rings (SSSR count). The van der Waals surface area contributed by atoms with Crippen LogP contribution in [-0.4, -0.2) is 50.2 Å². The minimum absolute atomic E-state index is 0.254. The Labute approximate surface area is 111 Å². The average Bonchev–Trinajstić information content (AvgIpc) is 2.68. The Kier molecular flexibility index (Phi) is 6.65. The molecule has 4 heteroatoms. The standard InChI is InChI=1S/C14H28N2O2/c1-5-6-15-13(10-18-4)9-16-8-12(11(2)3)7-14(16)17/h11-13,15H,5-10H2,1-4H3. The Bertz CT molecular complexity index is 256. The van der Waals surface area contributed by atoms with Gasteiger partial charge < -0.3 is 15.0 Å². The van der Waals surface area contributed by atoms with Gasteiger partial charge in [-0.25, -0.2) is 0 Å². The maximum Gasteiger partial charge on any atom is 0.222 e. The second kappa shape index (κ2) is 7.74. The maximum atomic E-state index is 12.0. The van der Waals surface area contributed by atoms with Crippen molar-refractivity contribution in [3.8, 4) is 0 Å². The number of carbonyl (C=O) groups is 1. The minimum atomic E-state index is 0.254. The predicted octanol–water partition coefficient (Wildman–Crippen LogP) is 1.51. The van der Waals surface area contributed by atoms with Crippen LogP contribution in [0.15, 0.2) is 0 Å². The average molecular weight is 256 g/mol. The van der Waals surface area contributed by atoms with Gasteiger partial charge in [0.15, 0.2) is 0 Å². The fourth-order valence-electron chi connectivity index (χ4n) is 2.42. The van der Waals surface area contributed by atoms with E-state index in [4.69, 9.17) is 4.74 Å². The number of rotatable bonds is 8. The van der Waals surface area contributed by atoms with Crippen molar-refractivity contribution >= 4 is 5.91 Å². The summed E-state index contributed by atoms with van der Waals surface area (Å²) in [5.74, 6) is 1.41. The summed E-state index contributed by atoms with van der Waals surface area (Å²) in [6.45, 7) is 9.86. The number of methoxy groups -OCH3 is 1. The van der Waals surface area contributed by atoms with E-state index in [1.807, 2.05) is 4.90 Å². The number of nitrogens with one attached hydrogen (secondary N) is 1. The zero-order chi connectivity index (χ0) is 13.5. The predicted molar refractivity (Wildman–Crippen MR) is 73.5 cm³/mol. The smallest absolute Gasteiger partial charge is 0.222 e. The molecule has 4 nitrogen and oxygen atoms in total. The van der Waals surface area contributed by atoms with Crippen LogP contribution in [0.2, 0.25) is 0 Å². The van der Waals surface area contributed by atoms with Crippen LogP contribution in [0, 0.1) is 11.8 Å². The molecule has 18 heavy (non-hydrogen) atoms. The summed E-state index contributed by atoms with van der Waals surface area (Å²) in [4.78, 5) is 14.0. The molecule has 1 aliphatic heterocycles. The molecule has 0 aromatic heterocycles. The third-order valence-electron chi connectivity index (χ3n) is 3.68. The number of hydrogen-bond acceptors (Lipinski definition) is 3. The highest BCUT2D eigenvalue weighted by Crippen LogP contribution is 2.24. The van der Waals surface area contributed by atoms with Gasteiger partial charge in [-0.15, -0.1) is 0 Å². The fraction of sp³-hybridized carbons (Fsp3) is 0.929. The van der Waals surface area contributed by atoms with Gasteiger partial charge in [0, 0.05) is 32.7 Å². The third kappa shape index (κ3) is 4.58. The Morgan fingerprint density at radius 1 is 1.50 bits per heavy atom. The molecular weight excluding hydrogens is 228 g/mol. The van der Waals surface area contributed by atoms with Gasteiger partial charge in [-0.2, -0.15) is 0 Å². The van der Waals surface area contributed by atoms with Crippen LogP contribution < -0.4 is 5.32 Å². The molecule has 0 aromatic rings. The molecule has 0 aromatic carbocycles. The van der Waals surface area contributed by atoms with E-state index in [0.29, 0.717) is 30.8 Å². The molecule has 0 saturated carbocycles. The number of amides is 1. The highest BCUT2D eigenvalue weighted by molar-refractivity contribution is 5.78. The molecule has 1 fully saturated rings. The van der Waals surface area contributed by atoms with Crippen LogP contribution in [0.5, 0.6) is 0 Å². The van der Waals surface area contributed by atoms with Crippen LogP contribution in [-0.2, 0) is 9.53 Å². The molecule has 0 bridgehead atoms. The van der Waals surface area contributed by atoms with Crippen molar-refractivity contribution in [2.45, 2.75) is 39.7 Å². The lowest BCUT2D eigenvalue weighted by Gasteiger charge is -2.25. The van der Waals surface area contributed by atoms with Crippen LogP contribution in [0.4, 0.5) is 0 Å². The van der Waals surface area contributed by atoms with Gasteiger partial charge in [-0.1, -0.05) is 20.8 Å². The van der Waals surface area contributed by atoms with Crippen molar-refractivity contribution < 1.29 is 9.53 Å². The van der Waals surface area contributed by atoms with Gasteiger partial charge in [0.05, 0.1) is 6.61 Å².